The highest BCUT2D eigenvalue weighted by molar-refractivity contribution is 5.84. The Morgan fingerprint density at radius 2 is 2.00 bits per heavy atom. The molecule has 0 saturated carbocycles. The molecule has 0 spiro atoms. The molecule has 0 aromatic carbocycles. The maximum absolute atomic E-state index is 5.69. The summed E-state index contributed by atoms with van der Waals surface area (Å²) in [6, 6.07) is 3.89. The first-order valence-electron chi connectivity index (χ1n) is 4.55. The van der Waals surface area contributed by atoms with E-state index >= 15 is 0 Å². The molecule has 0 amide bonds. The highest BCUT2D eigenvalue weighted by Crippen LogP contribution is 2.18. The summed E-state index contributed by atoms with van der Waals surface area (Å²) in [5, 5.41) is 0.817. The van der Waals surface area contributed by atoms with Crippen molar-refractivity contribution in [3.05, 3.63) is 24.2 Å². The van der Waals surface area contributed by atoms with Crippen LogP contribution in [0, 0.1) is 0 Å². The van der Waals surface area contributed by atoms with Crippen LogP contribution in [0.15, 0.2) is 18.5 Å². The molecular weight excluding hydrogens is 176 g/mol. The first kappa shape index (κ1) is 8.87. The SMILES string of the molecule is CC(C)c1ccc2c(N)ncnc2n1. The fourth-order valence-electron chi connectivity index (χ4n) is 1.30. The minimum absolute atomic E-state index is 0.399. The number of hydrogen-bond donors (Lipinski definition) is 1. The highest BCUT2D eigenvalue weighted by atomic mass is 15.0. The number of fused-ring (bicyclic) bond motifs is 1. The molecule has 72 valence electrons. The standard InChI is InChI=1S/C10H12N4/c1-6(2)8-4-3-7-9(11)12-5-13-10(7)14-8/h3-6H,1-2H3,(H2,11,12,13,14). The van der Waals surface area contributed by atoms with Gasteiger partial charge in [0.15, 0.2) is 5.65 Å². The van der Waals surface area contributed by atoms with Crippen LogP contribution in [-0.2, 0) is 0 Å². The number of nitrogens with two attached hydrogens (primary N) is 1. The van der Waals surface area contributed by atoms with Gasteiger partial charge in [0.25, 0.3) is 0 Å². The average Bonchev–Trinajstić information content (AvgIpc) is 2.17. The number of aromatic nitrogens is 3. The smallest absolute Gasteiger partial charge is 0.164 e. The van der Waals surface area contributed by atoms with Crippen molar-refractivity contribution in [1.29, 1.82) is 0 Å². The predicted molar refractivity (Wildman–Crippen MR) is 55.8 cm³/mol. The van der Waals surface area contributed by atoms with Gasteiger partial charge in [0.1, 0.15) is 12.1 Å². The molecule has 14 heavy (non-hydrogen) atoms. The Morgan fingerprint density at radius 1 is 1.21 bits per heavy atom. The predicted octanol–water partition coefficient (Wildman–Crippen LogP) is 1.73. The van der Waals surface area contributed by atoms with E-state index in [4.69, 9.17) is 5.73 Å². The van der Waals surface area contributed by atoms with Gasteiger partial charge in [-0.3, -0.25) is 0 Å². The second kappa shape index (κ2) is 3.21. The van der Waals surface area contributed by atoms with Crippen molar-refractivity contribution >= 4 is 16.9 Å². The van der Waals surface area contributed by atoms with Crippen molar-refractivity contribution in [2.45, 2.75) is 19.8 Å². The fraction of sp³-hybridized carbons (Fsp3) is 0.300. The van der Waals surface area contributed by atoms with Crippen molar-refractivity contribution in [2.24, 2.45) is 0 Å². The van der Waals surface area contributed by atoms with Crippen molar-refractivity contribution in [2.75, 3.05) is 5.73 Å². The summed E-state index contributed by atoms with van der Waals surface area (Å²) >= 11 is 0. The van der Waals surface area contributed by atoms with Crippen molar-refractivity contribution in [3.63, 3.8) is 0 Å². The normalized spacial score (nSPS) is 11.1. The minimum Gasteiger partial charge on any atom is -0.383 e. The third kappa shape index (κ3) is 1.39. The summed E-state index contributed by atoms with van der Waals surface area (Å²) in [7, 11) is 0. The Balaban J connectivity index is 2.67. The van der Waals surface area contributed by atoms with Gasteiger partial charge in [-0.05, 0) is 18.1 Å². The monoisotopic (exact) mass is 188 g/mol. The lowest BCUT2D eigenvalue weighted by molar-refractivity contribution is 0.827. The van der Waals surface area contributed by atoms with Gasteiger partial charge >= 0.3 is 0 Å². The van der Waals surface area contributed by atoms with E-state index in [0.717, 1.165) is 11.1 Å². The number of nitrogen functional groups attached to an aromatic ring is 1. The number of rotatable bonds is 1. The van der Waals surface area contributed by atoms with Gasteiger partial charge in [0.05, 0.1) is 5.39 Å². The number of anilines is 1. The molecule has 2 aromatic rings. The minimum atomic E-state index is 0.399. The molecule has 0 aliphatic rings. The van der Waals surface area contributed by atoms with Crippen molar-refractivity contribution in [1.82, 2.24) is 15.0 Å². The van der Waals surface area contributed by atoms with E-state index in [9.17, 15) is 0 Å². The zero-order valence-electron chi connectivity index (χ0n) is 8.23. The van der Waals surface area contributed by atoms with Gasteiger partial charge in [-0.2, -0.15) is 0 Å². The molecular formula is C10H12N4. The Bertz CT molecular complexity index is 465. The molecule has 4 heteroatoms. The molecule has 0 radical (unpaired) electrons. The lowest BCUT2D eigenvalue weighted by Gasteiger charge is -2.05. The van der Waals surface area contributed by atoms with Crippen LogP contribution in [0.4, 0.5) is 5.82 Å². The Hall–Kier alpha value is -1.71. The summed E-state index contributed by atoms with van der Waals surface area (Å²) < 4.78 is 0. The van der Waals surface area contributed by atoms with Gasteiger partial charge in [-0.25, -0.2) is 15.0 Å². The molecule has 2 N–H and O–H groups in total. The largest absolute Gasteiger partial charge is 0.383 e. The molecule has 2 rings (SSSR count). The van der Waals surface area contributed by atoms with Crippen LogP contribution in [0.1, 0.15) is 25.5 Å². The Morgan fingerprint density at radius 3 is 2.71 bits per heavy atom. The van der Waals surface area contributed by atoms with E-state index in [2.05, 4.69) is 28.8 Å². The lowest BCUT2D eigenvalue weighted by Crippen LogP contribution is -1.98. The third-order valence-electron chi connectivity index (χ3n) is 2.14. The first-order valence-corrected chi connectivity index (χ1v) is 4.55. The van der Waals surface area contributed by atoms with Crippen LogP contribution in [0.5, 0.6) is 0 Å². The quantitative estimate of drug-likeness (QED) is 0.740. The van der Waals surface area contributed by atoms with E-state index in [0.29, 0.717) is 17.4 Å². The zero-order valence-corrected chi connectivity index (χ0v) is 8.23. The molecule has 2 aromatic heterocycles. The summed E-state index contributed by atoms with van der Waals surface area (Å²) in [6.07, 6.45) is 1.44. The summed E-state index contributed by atoms with van der Waals surface area (Å²) in [6.45, 7) is 4.19. The van der Waals surface area contributed by atoms with Gasteiger partial charge in [0, 0.05) is 5.69 Å². The molecule has 0 aliphatic carbocycles. The maximum atomic E-state index is 5.69. The molecule has 0 aliphatic heterocycles. The summed E-state index contributed by atoms with van der Waals surface area (Å²) in [4.78, 5) is 12.4. The third-order valence-corrected chi connectivity index (χ3v) is 2.14. The fourth-order valence-corrected chi connectivity index (χ4v) is 1.30. The molecule has 0 unspecified atom stereocenters. The highest BCUT2D eigenvalue weighted by Gasteiger charge is 2.05. The number of nitrogens with zero attached hydrogens (tertiary/aromatic N) is 3. The van der Waals surface area contributed by atoms with Crippen LogP contribution in [0.3, 0.4) is 0 Å². The lowest BCUT2D eigenvalue weighted by atomic mass is 10.1. The van der Waals surface area contributed by atoms with Crippen LogP contribution >= 0.6 is 0 Å². The van der Waals surface area contributed by atoms with Gasteiger partial charge < -0.3 is 5.73 Å². The number of hydrogen-bond acceptors (Lipinski definition) is 4. The van der Waals surface area contributed by atoms with Crippen LogP contribution in [-0.4, -0.2) is 15.0 Å². The topological polar surface area (TPSA) is 64.7 Å². The molecule has 4 nitrogen and oxygen atoms in total. The number of pyridine rings is 1. The molecule has 0 atom stereocenters. The van der Waals surface area contributed by atoms with Crippen molar-refractivity contribution in [3.8, 4) is 0 Å². The average molecular weight is 188 g/mol. The molecule has 0 bridgehead atoms. The van der Waals surface area contributed by atoms with E-state index in [-0.39, 0.29) is 0 Å². The van der Waals surface area contributed by atoms with E-state index in [1.165, 1.54) is 6.33 Å². The van der Waals surface area contributed by atoms with Crippen LogP contribution < -0.4 is 5.73 Å². The first-order chi connectivity index (χ1) is 6.68. The Kier molecular flexibility index (Phi) is 2.04. The van der Waals surface area contributed by atoms with Gasteiger partial charge in [0.2, 0.25) is 0 Å². The second-order valence-electron chi connectivity index (χ2n) is 3.52. The zero-order chi connectivity index (χ0) is 10.1. The molecule has 0 fully saturated rings. The second-order valence-corrected chi connectivity index (χ2v) is 3.52. The van der Waals surface area contributed by atoms with Gasteiger partial charge in [-0.1, -0.05) is 13.8 Å². The van der Waals surface area contributed by atoms with E-state index < -0.39 is 0 Å². The Labute approximate surface area is 82.2 Å². The summed E-state index contributed by atoms with van der Waals surface area (Å²) in [5.41, 5.74) is 7.39. The molecule has 2 heterocycles. The molecule has 0 saturated heterocycles. The van der Waals surface area contributed by atoms with E-state index in [1.807, 2.05) is 12.1 Å². The maximum Gasteiger partial charge on any atom is 0.164 e. The van der Waals surface area contributed by atoms with Crippen molar-refractivity contribution < 1.29 is 0 Å². The van der Waals surface area contributed by atoms with Crippen LogP contribution in [0.2, 0.25) is 0 Å². The summed E-state index contributed by atoms with van der Waals surface area (Å²) in [5.74, 6) is 0.883. The van der Waals surface area contributed by atoms with Crippen LogP contribution in [0.25, 0.3) is 11.0 Å². The van der Waals surface area contributed by atoms with Gasteiger partial charge in [-0.15, -0.1) is 0 Å². The van der Waals surface area contributed by atoms with E-state index in [1.54, 1.807) is 0 Å².